The van der Waals surface area contributed by atoms with Crippen LogP contribution in [0.25, 0.3) is 11.1 Å². The van der Waals surface area contributed by atoms with E-state index in [0.717, 1.165) is 11.8 Å². The Morgan fingerprint density at radius 3 is 2.10 bits per heavy atom. The molecule has 0 radical (unpaired) electrons. The van der Waals surface area contributed by atoms with Crippen LogP contribution in [-0.4, -0.2) is 6.61 Å². The van der Waals surface area contributed by atoms with E-state index in [0.29, 0.717) is 13.2 Å². The van der Waals surface area contributed by atoms with Gasteiger partial charge >= 0.3 is 0 Å². The van der Waals surface area contributed by atoms with Gasteiger partial charge in [0.25, 0.3) is 0 Å². The van der Waals surface area contributed by atoms with Crippen molar-refractivity contribution in [3.8, 4) is 11.1 Å². The Bertz CT molecular complexity index is 720. The van der Waals surface area contributed by atoms with Crippen LogP contribution < -0.4 is 0 Å². The predicted molar refractivity (Wildman–Crippen MR) is 130 cm³/mol. The smallest absolute Gasteiger partial charge is 0.0721 e. The van der Waals surface area contributed by atoms with Crippen LogP contribution in [0.2, 0.25) is 0 Å². The monoisotopic (exact) mass is 404 g/mol. The lowest BCUT2D eigenvalue weighted by Gasteiger charge is -2.29. The van der Waals surface area contributed by atoms with Crippen LogP contribution in [-0.2, 0) is 11.3 Å². The van der Waals surface area contributed by atoms with E-state index < -0.39 is 0 Å². The summed E-state index contributed by atoms with van der Waals surface area (Å²) in [4.78, 5) is 0. The molecule has 30 heavy (non-hydrogen) atoms. The van der Waals surface area contributed by atoms with E-state index in [1.165, 1.54) is 86.5 Å². The summed E-state index contributed by atoms with van der Waals surface area (Å²) < 4.78 is 5.52. The van der Waals surface area contributed by atoms with E-state index in [1.807, 2.05) is 0 Å². The van der Waals surface area contributed by atoms with Crippen molar-refractivity contribution in [2.75, 3.05) is 6.61 Å². The molecule has 1 nitrogen and oxygen atoms in total. The largest absolute Gasteiger partial charge is 0.373 e. The molecule has 0 amide bonds. The third kappa shape index (κ3) is 7.13. The van der Waals surface area contributed by atoms with Crippen LogP contribution in [0.3, 0.4) is 0 Å². The summed E-state index contributed by atoms with van der Waals surface area (Å²) >= 11 is 0. The minimum atomic E-state index is 0.601. The van der Waals surface area contributed by atoms with Crippen molar-refractivity contribution in [1.82, 2.24) is 0 Å². The van der Waals surface area contributed by atoms with Crippen molar-refractivity contribution in [2.45, 2.75) is 83.7 Å². The minimum Gasteiger partial charge on any atom is -0.373 e. The summed E-state index contributed by atoms with van der Waals surface area (Å²) in [5.74, 6) is 1.75. The number of benzene rings is 2. The third-order valence-electron chi connectivity index (χ3n) is 6.74. The van der Waals surface area contributed by atoms with Gasteiger partial charge in [0.2, 0.25) is 0 Å². The molecule has 1 aliphatic carbocycles. The average molecular weight is 405 g/mol. The van der Waals surface area contributed by atoms with Gasteiger partial charge in [-0.2, -0.15) is 0 Å². The zero-order valence-electron chi connectivity index (χ0n) is 19.0. The molecule has 2 aromatic carbocycles. The SMILES string of the molecule is C=CCOCc1ccc(-c2ccc(C3CCC(CCCCCCC)CC3)cc2)cc1. The van der Waals surface area contributed by atoms with E-state index in [2.05, 4.69) is 62.0 Å². The molecule has 2 aromatic rings. The molecule has 162 valence electrons. The summed E-state index contributed by atoms with van der Waals surface area (Å²) in [6.07, 6.45) is 15.9. The molecular weight excluding hydrogens is 364 g/mol. The molecule has 0 unspecified atom stereocenters. The predicted octanol–water partition coefficient (Wildman–Crippen LogP) is 8.69. The van der Waals surface area contributed by atoms with Gasteiger partial charge < -0.3 is 4.74 Å². The highest BCUT2D eigenvalue weighted by atomic mass is 16.5. The Kier molecular flexibility index (Phi) is 9.70. The van der Waals surface area contributed by atoms with Gasteiger partial charge in [0.05, 0.1) is 13.2 Å². The number of hydrogen-bond donors (Lipinski definition) is 0. The Balaban J connectivity index is 1.45. The molecular formula is C29H40O. The highest BCUT2D eigenvalue weighted by Gasteiger charge is 2.22. The lowest BCUT2D eigenvalue weighted by molar-refractivity contribution is 0.149. The topological polar surface area (TPSA) is 9.23 Å². The maximum absolute atomic E-state index is 5.52. The summed E-state index contributed by atoms with van der Waals surface area (Å²) in [5.41, 5.74) is 5.33. The van der Waals surface area contributed by atoms with Crippen molar-refractivity contribution in [3.05, 3.63) is 72.3 Å². The highest BCUT2D eigenvalue weighted by Crippen LogP contribution is 2.38. The second-order valence-corrected chi connectivity index (χ2v) is 9.04. The average Bonchev–Trinajstić information content (AvgIpc) is 2.80. The van der Waals surface area contributed by atoms with Gasteiger partial charge in [0.1, 0.15) is 0 Å². The molecule has 3 rings (SSSR count). The van der Waals surface area contributed by atoms with Gasteiger partial charge in [0.15, 0.2) is 0 Å². The minimum absolute atomic E-state index is 0.601. The van der Waals surface area contributed by atoms with Crippen LogP contribution in [0.4, 0.5) is 0 Å². The van der Waals surface area contributed by atoms with E-state index in [1.54, 1.807) is 6.08 Å². The van der Waals surface area contributed by atoms with Gasteiger partial charge in [-0.1, -0.05) is 100 Å². The third-order valence-corrected chi connectivity index (χ3v) is 6.74. The number of hydrogen-bond acceptors (Lipinski definition) is 1. The Morgan fingerprint density at radius 1 is 0.833 bits per heavy atom. The summed E-state index contributed by atoms with van der Waals surface area (Å²) in [6.45, 7) is 7.23. The zero-order valence-corrected chi connectivity index (χ0v) is 19.0. The Hall–Kier alpha value is -1.86. The van der Waals surface area contributed by atoms with Crippen LogP contribution in [0.1, 0.15) is 88.2 Å². The lowest BCUT2D eigenvalue weighted by Crippen LogP contribution is -2.13. The summed E-state index contributed by atoms with van der Waals surface area (Å²) in [6, 6.07) is 18.1. The van der Waals surface area contributed by atoms with E-state index in [9.17, 15) is 0 Å². The number of rotatable bonds is 12. The van der Waals surface area contributed by atoms with E-state index in [4.69, 9.17) is 4.74 Å². The molecule has 0 atom stereocenters. The van der Waals surface area contributed by atoms with Crippen molar-refractivity contribution in [3.63, 3.8) is 0 Å². The van der Waals surface area contributed by atoms with Crippen molar-refractivity contribution in [2.24, 2.45) is 5.92 Å². The van der Waals surface area contributed by atoms with Crippen LogP contribution >= 0.6 is 0 Å². The molecule has 1 heteroatoms. The van der Waals surface area contributed by atoms with Gasteiger partial charge in [-0.25, -0.2) is 0 Å². The maximum atomic E-state index is 5.52. The molecule has 0 spiro atoms. The van der Waals surface area contributed by atoms with Crippen molar-refractivity contribution < 1.29 is 4.74 Å². The zero-order chi connectivity index (χ0) is 21.0. The standard InChI is InChI=1S/C29H40O/c1-3-5-6-7-8-9-24-10-14-26(15-11-24)28-18-20-29(21-19-28)27-16-12-25(13-17-27)23-30-22-4-2/h4,12-13,16-21,24,26H,2-3,5-11,14-15,22-23H2,1H3. The first-order valence-corrected chi connectivity index (χ1v) is 12.2. The second kappa shape index (κ2) is 12.7. The van der Waals surface area contributed by atoms with Crippen molar-refractivity contribution in [1.29, 1.82) is 0 Å². The first-order valence-electron chi connectivity index (χ1n) is 12.2. The van der Waals surface area contributed by atoms with E-state index in [-0.39, 0.29) is 0 Å². The molecule has 0 bridgehead atoms. The number of unbranched alkanes of at least 4 members (excludes halogenated alkanes) is 4. The summed E-state index contributed by atoms with van der Waals surface area (Å²) in [5, 5.41) is 0. The molecule has 0 aromatic heterocycles. The lowest BCUT2D eigenvalue weighted by atomic mass is 9.77. The van der Waals surface area contributed by atoms with Gasteiger partial charge in [-0.3, -0.25) is 0 Å². The van der Waals surface area contributed by atoms with Crippen LogP contribution in [0.15, 0.2) is 61.2 Å². The van der Waals surface area contributed by atoms with Gasteiger partial charge in [0, 0.05) is 0 Å². The molecule has 1 saturated carbocycles. The quantitative estimate of drug-likeness (QED) is 0.254. The Morgan fingerprint density at radius 2 is 1.47 bits per heavy atom. The first kappa shape index (κ1) is 22.8. The molecule has 1 aliphatic rings. The normalized spacial score (nSPS) is 19.0. The van der Waals surface area contributed by atoms with Crippen LogP contribution in [0, 0.1) is 5.92 Å². The fraction of sp³-hybridized carbons (Fsp3) is 0.517. The summed E-state index contributed by atoms with van der Waals surface area (Å²) in [7, 11) is 0. The molecule has 0 aliphatic heterocycles. The van der Waals surface area contributed by atoms with Gasteiger partial charge in [-0.15, -0.1) is 6.58 Å². The van der Waals surface area contributed by atoms with E-state index >= 15 is 0 Å². The first-order chi connectivity index (χ1) is 14.8. The Labute approximate surface area is 184 Å². The van der Waals surface area contributed by atoms with Gasteiger partial charge in [-0.05, 0) is 59.8 Å². The number of ether oxygens (including phenoxy) is 1. The molecule has 0 N–H and O–H groups in total. The molecule has 0 saturated heterocycles. The molecule has 1 fully saturated rings. The fourth-order valence-electron chi connectivity index (χ4n) is 4.82. The maximum Gasteiger partial charge on any atom is 0.0721 e. The van der Waals surface area contributed by atoms with Crippen LogP contribution in [0.5, 0.6) is 0 Å². The molecule has 0 heterocycles. The fourth-order valence-corrected chi connectivity index (χ4v) is 4.82. The highest BCUT2D eigenvalue weighted by molar-refractivity contribution is 5.64. The van der Waals surface area contributed by atoms with Crippen molar-refractivity contribution >= 4 is 0 Å². The second-order valence-electron chi connectivity index (χ2n) is 9.04.